The second kappa shape index (κ2) is 5.61. The lowest BCUT2D eigenvalue weighted by Gasteiger charge is -2.14. The maximum atomic E-state index is 12.1. The summed E-state index contributed by atoms with van der Waals surface area (Å²) in [7, 11) is 0. The van der Waals surface area contributed by atoms with Crippen LogP contribution in [0.15, 0.2) is 34.2 Å². The summed E-state index contributed by atoms with van der Waals surface area (Å²) in [6.45, 7) is 0. The van der Waals surface area contributed by atoms with Gasteiger partial charge in [-0.25, -0.2) is 4.98 Å². The van der Waals surface area contributed by atoms with Gasteiger partial charge in [0.25, 0.3) is 5.56 Å². The second-order valence-corrected chi connectivity index (χ2v) is 5.81. The highest BCUT2D eigenvalue weighted by atomic mass is 32.2. The van der Waals surface area contributed by atoms with Gasteiger partial charge in [0.1, 0.15) is 5.82 Å². The Morgan fingerprint density at radius 3 is 2.86 bits per heavy atom. The number of oxime groups is 1. The summed E-state index contributed by atoms with van der Waals surface area (Å²) in [4.78, 5) is 19.5. The third-order valence-electron chi connectivity index (χ3n) is 3.39. The molecule has 0 saturated carbocycles. The van der Waals surface area contributed by atoms with Crippen LogP contribution in [0.5, 0.6) is 0 Å². The van der Waals surface area contributed by atoms with Gasteiger partial charge in [-0.1, -0.05) is 29.4 Å². The molecule has 0 spiro atoms. The Morgan fingerprint density at radius 2 is 2.14 bits per heavy atom. The summed E-state index contributed by atoms with van der Waals surface area (Å²) in [5.74, 6) is 2.31. The molecule has 1 aliphatic rings. The predicted octanol–water partition coefficient (Wildman–Crippen LogP) is 1.32. The van der Waals surface area contributed by atoms with Crippen LogP contribution >= 0.6 is 11.8 Å². The normalized spacial score (nSPS) is 14.8. The first-order chi connectivity index (χ1) is 10.2. The Bertz CT molecular complexity index is 753. The number of H-pyrrole nitrogens is 1. The molecule has 0 aliphatic carbocycles. The largest absolute Gasteiger partial charge is 0.409 e. The molecule has 108 valence electrons. The molecule has 1 aromatic heterocycles. The summed E-state index contributed by atoms with van der Waals surface area (Å²) in [6.07, 6.45) is 0.819. The number of thioether (sulfide) groups is 1. The molecule has 1 aliphatic heterocycles. The van der Waals surface area contributed by atoms with Crippen LogP contribution in [0.4, 0.5) is 0 Å². The Kier molecular flexibility index (Phi) is 3.66. The van der Waals surface area contributed by atoms with Gasteiger partial charge in [-0.05, 0) is 12.2 Å². The number of nitrogens with one attached hydrogen (secondary N) is 1. The van der Waals surface area contributed by atoms with Crippen LogP contribution < -0.4 is 11.3 Å². The number of aryl methyl sites for hydroxylation is 1. The van der Waals surface area contributed by atoms with Crippen LogP contribution in [0.1, 0.15) is 16.8 Å². The average molecular weight is 302 g/mol. The van der Waals surface area contributed by atoms with E-state index in [0.717, 1.165) is 34.7 Å². The number of hydrogen-bond acceptors (Lipinski definition) is 5. The number of benzene rings is 1. The summed E-state index contributed by atoms with van der Waals surface area (Å²) in [5.41, 5.74) is 8.52. The fourth-order valence-corrected chi connectivity index (χ4v) is 3.22. The molecule has 0 atom stereocenters. The number of rotatable bonds is 2. The third-order valence-corrected chi connectivity index (χ3v) is 4.38. The zero-order valence-corrected chi connectivity index (χ0v) is 12.0. The van der Waals surface area contributed by atoms with Crippen LogP contribution in [0.2, 0.25) is 0 Å². The highest BCUT2D eigenvalue weighted by Crippen LogP contribution is 2.22. The van der Waals surface area contributed by atoms with Crippen LogP contribution in [0.3, 0.4) is 0 Å². The van der Waals surface area contributed by atoms with E-state index in [1.165, 1.54) is 0 Å². The van der Waals surface area contributed by atoms with Crippen LogP contribution in [-0.2, 0) is 12.2 Å². The molecule has 3 rings (SSSR count). The van der Waals surface area contributed by atoms with Gasteiger partial charge in [0.15, 0.2) is 5.84 Å². The van der Waals surface area contributed by atoms with E-state index >= 15 is 0 Å². The van der Waals surface area contributed by atoms with Gasteiger partial charge < -0.3 is 15.9 Å². The van der Waals surface area contributed by atoms with Crippen LogP contribution in [0.25, 0.3) is 11.4 Å². The smallest absolute Gasteiger partial charge is 0.255 e. The fourth-order valence-electron chi connectivity index (χ4n) is 2.24. The van der Waals surface area contributed by atoms with Crippen LogP contribution in [0, 0.1) is 0 Å². The maximum absolute atomic E-state index is 12.1. The topological polar surface area (TPSA) is 104 Å². The molecule has 6 nitrogen and oxygen atoms in total. The van der Waals surface area contributed by atoms with E-state index in [-0.39, 0.29) is 11.4 Å². The Balaban J connectivity index is 2.01. The number of nitrogens with two attached hydrogens (primary N) is 1. The number of aromatic nitrogens is 2. The first-order valence-electron chi connectivity index (χ1n) is 6.47. The fraction of sp³-hybridized carbons (Fsp3) is 0.214. The Hall–Kier alpha value is -2.28. The van der Waals surface area contributed by atoms with Gasteiger partial charge in [-0.2, -0.15) is 11.8 Å². The highest BCUT2D eigenvalue weighted by Gasteiger charge is 2.16. The summed E-state index contributed by atoms with van der Waals surface area (Å²) >= 11 is 1.75. The van der Waals surface area contributed by atoms with Crippen molar-refractivity contribution in [2.45, 2.75) is 12.2 Å². The molecule has 0 unspecified atom stereocenters. The van der Waals surface area contributed by atoms with E-state index in [1.807, 2.05) is 0 Å². The van der Waals surface area contributed by atoms with Gasteiger partial charge in [0.2, 0.25) is 0 Å². The zero-order chi connectivity index (χ0) is 14.8. The standard InChI is InChI=1S/C14H14N4O2S/c15-12(18-20)8-1-3-9(4-2-8)13-16-11-5-6-21-7-10(11)14(19)17-13/h1-4,20H,5-7H2,(H2,15,18)(H,16,17,19). The lowest BCUT2D eigenvalue weighted by molar-refractivity contribution is 0.318. The number of aromatic amines is 1. The van der Waals surface area contributed by atoms with Gasteiger partial charge in [-0.3, -0.25) is 4.79 Å². The number of amidine groups is 1. The van der Waals surface area contributed by atoms with Gasteiger partial charge in [0, 0.05) is 22.4 Å². The minimum Gasteiger partial charge on any atom is -0.409 e. The number of hydrogen-bond donors (Lipinski definition) is 3. The van der Waals surface area contributed by atoms with Gasteiger partial charge in [0.05, 0.1) is 5.69 Å². The quantitative estimate of drug-likeness (QED) is 0.336. The SMILES string of the molecule is N/C(=N\O)c1ccc(-c2nc3c(c(=O)[nH]2)CSCC3)cc1. The van der Waals surface area contributed by atoms with E-state index in [4.69, 9.17) is 10.9 Å². The molecule has 2 heterocycles. The van der Waals surface area contributed by atoms with Crippen molar-refractivity contribution in [2.24, 2.45) is 10.9 Å². The monoisotopic (exact) mass is 302 g/mol. The minimum atomic E-state index is -0.0669. The van der Waals surface area contributed by atoms with Crippen molar-refractivity contribution in [3.8, 4) is 11.4 Å². The summed E-state index contributed by atoms with van der Waals surface area (Å²) < 4.78 is 0. The number of nitrogens with zero attached hydrogens (tertiary/aromatic N) is 2. The lowest BCUT2D eigenvalue weighted by atomic mass is 10.1. The molecule has 0 bridgehead atoms. The first-order valence-corrected chi connectivity index (χ1v) is 7.62. The molecule has 0 saturated heterocycles. The summed E-state index contributed by atoms with van der Waals surface area (Å²) in [5, 5.41) is 11.6. The van der Waals surface area contributed by atoms with Crippen molar-refractivity contribution in [2.75, 3.05) is 5.75 Å². The summed E-state index contributed by atoms with van der Waals surface area (Å²) in [6, 6.07) is 7.02. The molecule has 2 aromatic rings. The molecule has 0 radical (unpaired) electrons. The van der Waals surface area contributed by atoms with E-state index in [2.05, 4.69) is 15.1 Å². The molecule has 0 fully saturated rings. The predicted molar refractivity (Wildman–Crippen MR) is 82.7 cm³/mol. The van der Waals surface area contributed by atoms with E-state index in [9.17, 15) is 4.79 Å². The van der Waals surface area contributed by atoms with Gasteiger partial charge >= 0.3 is 0 Å². The maximum Gasteiger partial charge on any atom is 0.255 e. The first kappa shape index (κ1) is 13.7. The molecule has 1 aromatic carbocycles. The van der Waals surface area contributed by atoms with E-state index < -0.39 is 0 Å². The number of fused-ring (bicyclic) bond motifs is 1. The van der Waals surface area contributed by atoms with Crippen molar-refractivity contribution in [1.29, 1.82) is 0 Å². The molecular formula is C14H14N4O2S. The van der Waals surface area contributed by atoms with Crippen molar-refractivity contribution in [1.82, 2.24) is 9.97 Å². The average Bonchev–Trinajstić information content (AvgIpc) is 2.54. The minimum absolute atomic E-state index is 0.0467. The van der Waals surface area contributed by atoms with Crippen molar-refractivity contribution in [3.63, 3.8) is 0 Å². The third kappa shape index (κ3) is 2.64. The molecule has 0 amide bonds. The van der Waals surface area contributed by atoms with Crippen LogP contribution in [-0.4, -0.2) is 26.8 Å². The van der Waals surface area contributed by atoms with Crippen molar-refractivity contribution in [3.05, 3.63) is 51.4 Å². The zero-order valence-electron chi connectivity index (χ0n) is 11.2. The Morgan fingerprint density at radius 1 is 1.38 bits per heavy atom. The molecule has 21 heavy (non-hydrogen) atoms. The van der Waals surface area contributed by atoms with Gasteiger partial charge in [-0.15, -0.1) is 0 Å². The van der Waals surface area contributed by atoms with Crippen molar-refractivity contribution < 1.29 is 5.21 Å². The molecule has 7 heteroatoms. The van der Waals surface area contributed by atoms with E-state index in [0.29, 0.717) is 11.4 Å². The highest BCUT2D eigenvalue weighted by molar-refractivity contribution is 7.98. The molecular weight excluding hydrogens is 288 g/mol. The Labute approximate surface area is 125 Å². The van der Waals surface area contributed by atoms with Crippen molar-refractivity contribution >= 4 is 17.6 Å². The molecule has 4 N–H and O–H groups in total. The second-order valence-electron chi connectivity index (χ2n) is 4.70. The van der Waals surface area contributed by atoms with E-state index in [1.54, 1.807) is 36.0 Å². The lowest BCUT2D eigenvalue weighted by Crippen LogP contribution is -2.21.